The molecule has 0 bridgehead atoms. The summed E-state index contributed by atoms with van der Waals surface area (Å²) in [4.78, 5) is 0. The molecule has 0 aliphatic carbocycles. The lowest BCUT2D eigenvalue weighted by atomic mass is 9.87. The molecule has 1 aromatic rings. The Hall–Kier alpha value is -1.30. The Morgan fingerprint density at radius 3 is 1.95 bits per heavy atom. The maximum absolute atomic E-state index is 4.16. The van der Waals surface area contributed by atoms with Gasteiger partial charge in [-0.1, -0.05) is 49.6 Å². The molecular weight excluding hydrogens is 240 g/mol. The second-order valence-corrected chi connectivity index (χ2v) is 6.22. The van der Waals surface area contributed by atoms with Crippen LogP contribution in [0, 0.1) is 13.8 Å². The Morgan fingerprint density at radius 1 is 1.00 bits per heavy atom. The third-order valence-electron chi connectivity index (χ3n) is 3.84. The van der Waals surface area contributed by atoms with E-state index < -0.39 is 0 Å². The minimum absolute atomic E-state index is 1.16. The molecular formula is C20H30. The summed E-state index contributed by atoms with van der Waals surface area (Å²) in [6, 6.07) is 4.73. The molecule has 20 heavy (non-hydrogen) atoms. The number of rotatable bonds is 6. The second-order valence-electron chi connectivity index (χ2n) is 6.22. The fourth-order valence-electron chi connectivity index (χ4n) is 3.06. The van der Waals surface area contributed by atoms with Crippen molar-refractivity contribution in [1.29, 1.82) is 0 Å². The van der Waals surface area contributed by atoms with Gasteiger partial charge in [0.05, 0.1) is 0 Å². The smallest absolute Gasteiger partial charge is 0.0123 e. The van der Waals surface area contributed by atoms with Crippen LogP contribution >= 0.6 is 0 Å². The van der Waals surface area contributed by atoms with E-state index in [0.29, 0.717) is 0 Å². The highest BCUT2D eigenvalue weighted by Gasteiger charge is 2.12. The third-order valence-corrected chi connectivity index (χ3v) is 3.84. The number of aryl methyl sites for hydroxylation is 3. The summed E-state index contributed by atoms with van der Waals surface area (Å²) >= 11 is 0. The highest BCUT2D eigenvalue weighted by Crippen LogP contribution is 2.31. The molecule has 0 saturated carbocycles. The van der Waals surface area contributed by atoms with Crippen LogP contribution in [0.2, 0.25) is 0 Å². The molecule has 0 aromatic heterocycles. The quantitative estimate of drug-likeness (QED) is 0.414. The highest BCUT2D eigenvalue weighted by atomic mass is 14.2. The lowest BCUT2D eigenvalue weighted by Crippen LogP contribution is -1.99. The van der Waals surface area contributed by atoms with Crippen LogP contribution in [0.4, 0.5) is 0 Å². The maximum atomic E-state index is 4.16. The van der Waals surface area contributed by atoms with Crippen LogP contribution in [-0.4, -0.2) is 0 Å². The van der Waals surface area contributed by atoms with Gasteiger partial charge in [0.1, 0.15) is 0 Å². The first-order chi connectivity index (χ1) is 9.38. The molecule has 0 unspecified atom stereocenters. The fraction of sp³-hybridized carbons (Fsp3) is 0.500. The molecule has 0 aliphatic rings. The van der Waals surface area contributed by atoms with Gasteiger partial charge in [-0.25, -0.2) is 0 Å². The Balaban J connectivity index is 3.18. The van der Waals surface area contributed by atoms with Crippen LogP contribution in [-0.2, 0) is 6.42 Å². The van der Waals surface area contributed by atoms with Gasteiger partial charge in [0.2, 0.25) is 0 Å². The topological polar surface area (TPSA) is 0 Å². The van der Waals surface area contributed by atoms with Gasteiger partial charge < -0.3 is 0 Å². The molecule has 1 rings (SSSR count). The number of hydrogen-bond acceptors (Lipinski definition) is 0. The summed E-state index contributed by atoms with van der Waals surface area (Å²) in [7, 11) is 0. The van der Waals surface area contributed by atoms with E-state index in [0.717, 1.165) is 5.57 Å². The Morgan fingerprint density at radius 2 is 1.55 bits per heavy atom. The van der Waals surface area contributed by atoms with Crippen LogP contribution in [0.15, 0.2) is 29.9 Å². The number of unbranched alkanes of at least 4 members (excludes halogenated alkanes) is 2. The molecule has 0 spiro atoms. The number of hydrogen-bond donors (Lipinski definition) is 0. The highest BCUT2D eigenvalue weighted by molar-refractivity contribution is 5.83. The van der Waals surface area contributed by atoms with Crippen molar-refractivity contribution in [2.45, 2.75) is 67.2 Å². The van der Waals surface area contributed by atoms with Crippen molar-refractivity contribution in [3.05, 3.63) is 52.1 Å². The summed E-state index contributed by atoms with van der Waals surface area (Å²) < 4.78 is 0. The lowest BCUT2D eigenvalue weighted by molar-refractivity contribution is 0.717. The van der Waals surface area contributed by atoms with Gasteiger partial charge >= 0.3 is 0 Å². The molecule has 110 valence electrons. The van der Waals surface area contributed by atoms with Gasteiger partial charge in [0, 0.05) is 0 Å². The molecule has 0 N–H and O–H groups in total. The minimum Gasteiger partial charge on any atom is -0.0955 e. The standard InChI is InChI=1S/C20H30/c1-8-9-10-11-18-12-16(6)20(17(7)13-18)19(14(2)3)15(4)5/h12-13H,2,8-11H2,1,3-7H3. The van der Waals surface area contributed by atoms with Crippen molar-refractivity contribution in [2.75, 3.05) is 0 Å². The van der Waals surface area contributed by atoms with Crippen LogP contribution in [0.25, 0.3) is 5.57 Å². The van der Waals surface area contributed by atoms with Crippen LogP contribution in [0.5, 0.6) is 0 Å². The Kier molecular flexibility index (Phi) is 6.26. The van der Waals surface area contributed by atoms with Crippen molar-refractivity contribution in [2.24, 2.45) is 0 Å². The molecule has 1 aromatic carbocycles. The van der Waals surface area contributed by atoms with Crippen molar-refractivity contribution < 1.29 is 0 Å². The van der Waals surface area contributed by atoms with E-state index in [1.54, 1.807) is 0 Å². The average molecular weight is 270 g/mol. The van der Waals surface area contributed by atoms with Crippen molar-refractivity contribution in [3.63, 3.8) is 0 Å². The first-order valence-electron chi connectivity index (χ1n) is 7.82. The van der Waals surface area contributed by atoms with Gasteiger partial charge in [-0.2, -0.15) is 0 Å². The maximum Gasteiger partial charge on any atom is -0.0123 e. The molecule has 0 heterocycles. The van der Waals surface area contributed by atoms with E-state index in [1.165, 1.54) is 59.1 Å². The summed E-state index contributed by atoms with van der Waals surface area (Å²) in [6.07, 6.45) is 5.11. The molecule has 0 atom stereocenters. The number of benzene rings is 1. The molecule has 0 aliphatic heterocycles. The second kappa shape index (κ2) is 7.47. The summed E-state index contributed by atoms with van der Waals surface area (Å²) in [5.74, 6) is 0. The molecule has 0 fully saturated rings. The Labute approximate surface area is 125 Å². The predicted molar refractivity (Wildman–Crippen MR) is 92.2 cm³/mol. The zero-order valence-electron chi connectivity index (χ0n) is 14.2. The minimum atomic E-state index is 1.16. The van der Waals surface area contributed by atoms with E-state index in [9.17, 15) is 0 Å². The first-order valence-corrected chi connectivity index (χ1v) is 7.82. The molecule has 0 heteroatoms. The molecule has 0 saturated heterocycles. The number of allylic oxidation sites excluding steroid dienone is 3. The van der Waals surface area contributed by atoms with E-state index in [2.05, 4.69) is 60.3 Å². The monoisotopic (exact) mass is 270 g/mol. The molecule has 0 radical (unpaired) electrons. The first kappa shape index (κ1) is 16.8. The van der Waals surface area contributed by atoms with Crippen LogP contribution < -0.4 is 0 Å². The van der Waals surface area contributed by atoms with Crippen LogP contribution in [0.3, 0.4) is 0 Å². The predicted octanol–water partition coefficient (Wildman–Crippen LogP) is 6.41. The SMILES string of the molecule is C=C(C)C(=C(C)C)c1c(C)cc(CCCCC)cc1C. The normalized spacial score (nSPS) is 10.5. The molecule has 0 nitrogen and oxygen atoms in total. The van der Waals surface area contributed by atoms with E-state index in [-0.39, 0.29) is 0 Å². The largest absolute Gasteiger partial charge is 0.0955 e. The van der Waals surface area contributed by atoms with Gasteiger partial charge in [0.25, 0.3) is 0 Å². The Bertz CT molecular complexity index is 488. The van der Waals surface area contributed by atoms with E-state index in [4.69, 9.17) is 0 Å². The summed E-state index contributed by atoms with van der Waals surface area (Å²) in [5, 5.41) is 0. The third kappa shape index (κ3) is 4.10. The van der Waals surface area contributed by atoms with Gasteiger partial charge in [-0.15, -0.1) is 0 Å². The fourth-order valence-corrected chi connectivity index (χ4v) is 3.06. The average Bonchev–Trinajstić information content (AvgIpc) is 2.33. The van der Waals surface area contributed by atoms with Gasteiger partial charge in [0.15, 0.2) is 0 Å². The summed E-state index contributed by atoms with van der Waals surface area (Å²) in [6.45, 7) is 17.4. The van der Waals surface area contributed by atoms with Crippen LogP contribution in [0.1, 0.15) is 69.2 Å². The van der Waals surface area contributed by atoms with Crippen molar-refractivity contribution >= 4 is 5.57 Å². The van der Waals surface area contributed by atoms with E-state index >= 15 is 0 Å². The lowest BCUT2D eigenvalue weighted by Gasteiger charge is -2.18. The molecule has 0 amide bonds. The zero-order valence-corrected chi connectivity index (χ0v) is 14.2. The van der Waals surface area contributed by atoms with Crippen molar-refractivity contribution in [1.82, 2.24) is 0 Å². The van der Waals surface area contributed by atoms with Crippen molar-refractivity contribution in [3.8, 4) is 0 Å². The van der Waals surface area contributed by atoms with Gasteiger partial charge in [-0.3, -0.25) is 0 Å². The van der Waals surface area contributed by atoms with E-state index in [1.807, 2.05) is 0 Å². The summed E-state index contributed by atoms with van der Waals surface area (Å²) in [5.41, 5.74) is 9.48. The van der Waals surface area contributed by atoms with Gasteiger partial charge in [-0.05, 0) is 75.3 Å². The zero-order chi connectivity index (χ0) is 15.3.